The first kappa shape index (κ1) is 23.7. The third kappa shape index (κ3) is 5.01. The normalized spacial score (nSPS) is 18.1. The van der Waals surface area contributed by atoms with Gasteiger partial charge in [-0.05, 0) is 86.4 Å². The fraction of sp³-hybridized carbons (Fsp3) is 0.423. The minimum absolute atomic E-state index is 0.0244. The quantitative estimate of drug-likeness (QED) is 0.568. The van der Waals surface area contributed by atoms with E-state index < -0.39 is 10.0 Å². The standard InChI is InChI=1S/C26H31N5O3S/c1-19(20-6-9-24(10-7-20)31-18-27-17-28-31)29-26(32)22-12-14-30(15-13-22)35(33,34)25-11-8-21-4-2-3-5-23(21)16-25/h6-11,16-19,22H,2-5,12-15H2,1H3,(H,29,32). The van der Waals surface area contributed by atoms with Crippen molar-refractivity contribution >= 4 is 15.9 Å². The zero-order chi connectivity index (χ0) is 24.4. The number of carbonyl (C=O) groups is 1. The van der Waals surface area contributed by atoms with Crippen molar-refractivity contribution in [3.63, 3.8) is 0 Å². The zero-order valence-electron chi connectivity index (χ0n) is 19.9. The van der Waals surface area contributed by atoms with Crippen molar-refractivity contribution in [2.24, 2.45) is 5.92 Å². The Morgan fingerprint density at radius 1 is 1.03 bits per heavy atom. The van der Waals surface area contributed by atoms with Crippen LogP contribution in [0.4, 0.5) is 0 Å². The molecule has 3 aromatic rings. The van der Waals surface area contributed by atoms with Crippen LogP contribution in [0.2, 0.25) is 0 Å². The van der Waals surface area contributed by atoms with Gasteiger partial charge in [-0.2, -0.15) is 9.40 Å². The van der Waals surface area contributed by atoms with E-state index >= 15 is 0 Å². The monoisotopic (exact) mass is 493 g/mol. The molecule has 8 nitrogen and oxygen atoms in total. The summed E-state index contributed by atoms with van der Waals surface area (Å²) in [5, 5.41) is 7.22. The Balaban J connectivity index is 1.17. The summed E-state index contributed by atoms with van der Waals surface area (Å²) < 4.78 is 29.7. The van der Waals surface area contributed by atoms with Crippen LogP contribution >= 0.6 is 0 Å². The summed E-state index contributed by atoms with van der Waals surface area (Å²) in [5.74, 6) is -0.217. The van der Waals surface area contributed by atoms with E-state index in [1.807, 2.05) is 43.3 Å². The summed E-state index contributed by atoms with van der Waals surface area (Å²) in [4.78, 5) is 17.3. The summed E-state index contributed by atoms with van der Waals surface area (Å²) >= 11 is 0. The minimum atomic E-state index is -3.54. The van der Waals surface area contributed by atoms with Crippen LogP contribution in [0.3, 0.4) is 0 Å². The number of hydrogen-bond donors (Lipinski definition) is 1. The van der Waals surface area contributed by atoms with Crippen LogP contribution in [0.1, 0.15) is 55.3 Å². The number of benzene rings is 2. The third-order valence-electron chi connectivity index (χ3n) is 7.22. The van der Waals surface area contributed by atoms with Crippen LogP contribution in [0.15, 0.2) is 60.0 Å². The van der Waals surface area contributed by atoms with Gasteiger partial charge in [0.05, 0.1) is 16.6 Å². The van der Waals surface area contributed by atoms with Gasteiger partial charge in [0.15, 0.2) is 0 Å². The predicted molar refractivity (Wildman–Crippen MR) is 132 cm³/mol. The second kappa shape index (κ2) is 9.91. The molecule has 1 atom stereocenters. The SMILES string of the molecule is CC(NC(=O)C1CCN(S(=O)(=O)c2ccc3c(c2)CCCC3)CC1)c1ccc(-n2cncn2)cc1. The molecule has 9 heteroatoms. The lowest BCUT2D eigenvalue weighted by molar-refractivity contribution is -0.126. The molecule has 0 radical (unpaired) electrons. The van der Waals surface area contributed by atoms with Gasteiger partial charge in [-0.1, -0.05) is 18.2 Å². The molecule has 2 heterocycles. The maximum atomic E-state index is 13.2. The molecule has 1 aliphatic carbocycles. The van der Waals surface area contributed by atoms with Crippen molar-refractivity contribution < 1.29 is 13.2 Å². The summed E-state index contributed by atoms with van der Waals surface area (Å²) in [6.45, 7) is 2.68. The van der Waals surface area contributed by atoms with Crippen molar-refractivity contribution in [1.29, 1.82) is 0 Å². The zero-order valence-corrected chi connectivity index (χ0v) is 20.7. The lowest BCUT2D eigenvalue weighted by Crippen LogP contribution is -2.43. The number of amides is 1. The Hall–Kier alpha value is -3.04. The average molecular weight is 494 g/mol. The molecule has 1 saturated heterocycles. The lowest BCUT2D eigenvalue weighted by Gasteiger charge is -2.31. The maximum Gasteiger partial charge on any atom is 0.243 e. The van der Waals surface area contributed by atoms with Gasteiger partial charge in [-0.15, -0.1) is 0 Å². The predicted octanol–water partition coefficient (Wildman–Crippen LogP) is 3.42. The van der Waals surface area contributed by atoms with E-state index in [2.05, 4.69) is 15.4 Å². The van der Waals surface area contributed by atoms with Gasteiger partial charge >= 0.3 is 0 Å². The van der Waals surface area contributed by atoms with Crippen molar-refractivity contribution in [2.75, 3.05) is 13.1 Å². The number of sulfonamides is 1. The number of nitrogens with one attached hydrogen (secondary N) is 1. The highest BCUT2D eigenvalue weighted by molar-refractivity contribution is 7.89. The van der Waals surface area contributed by atoms with E-state index in [1.54, 1.807) is 17.1 Å². The number of carbonyl (C=O) groups excluding carboxylic acids is 1. The van der Waals surface area contributed by atoms with E-state index in [4.69, 9.17) is 0 Å². The van der Waals surface area contributed by atoms with Crippen LogP contribution in [0.5, 0.6) is 0 Å². The highest BCUT2D eigenvalue weighted by Gasteiger charge is 2.33. The third-order valence-corrected chi connectivity index (χ3v) is 9.11. The van der Waals surface area contributed by atoms with Crippen molar-refractivity contribution in [3.05, 3.63) is 71.8 Å². The van der Waals surface area contributed by atoms with Crippen LogP contribution in [0, 0.1) is 5.92 Å². The molecular formula is C26H31N5O3S. The summed E-state index contributed by atoms with van der Waals surface area (Å²) in [7, 11) is -3.54. The Morgan fingerprint density at radius 3 is 2.43 bits per heavy atom. The first-order valence-corrected chi connectivity index (χ1v) is 13.7. The van der Waals surface area contributed by atoms with Crippen molar-refractivity contribution in [3.8, 4) is 5.69 Å². The highest BCUT2D eigenvalue weighted by atomic mass is 32.2. The van der Waals surface area contributed by atoms with E-state index in [9.17, 15) is 13.2 Å². The Labute approximate surface area is 206 Å². The molecule has 1 N–H and O–H groups in total. The van der Waals surface area contributed by atoms with Gasteiger partial charge in [-0.3, -0.25) is 4.79 Å². The smallest absolute Gasteiger partial charge is 0.243 e. The van der Waals surface area contributed by atoms with Gasteiger partial charge in [0.2, 0.25) is 15.9 Å². The van der Waals surface area contributed by atoms with E-state index in [0.717, 1.165) is 36.1 Å². The molecule has 1 amide bonds. The molecule has 2 aliphatic rings. The molecule has 2 aromatic carbocycles. The summed E-state index contributed by atoms with van der Waals surface area (Å²) in [6.07, 6.45) is 8.42. The largest absolute Gasteiger partial charge is 0.349 e. The number of hydrogen-bond acceptors (Lipinski definition) is 5. The molecule has 0 bridgehead atoms. The molecule has 184 valence electrons. The number of rotatable bonds is 6. The summed E-state index contributed by atoms with van der Waals surface area (Å²) in [5.41, 5.74) is 4.33. The fourth-order valence-electron chi connectivity index (χ4n) is 5.05. The van der Waals surface area contributed by atoms with Crippen LogP contribution in [-0.4, -0.2) is 46.5 Å². The second-order valence-electron chi connectivity index (χ2n) is 9.48. The van der Waals surface area contributed by atoms with Gasteiger partial charge < -0.3 is 5.32 Å². The number of aromatic nitrogens is 3. The fourth-order valence-corrected chi connectivity index (χ4v) is 6.57. The van der Waals surface area contributed by atoms with Crippen molar-refractivity contribution in [2.45, 2.75) is 56.4 Å². The summed E-state index contributed by atoms with van der Waals surface area (Å²) in [6, 6.07) is 13.2. The molecule has 5 rings (SSSR count). The van der Waals surface area contributed by atoms with Crippen molar-refractivity contribution in [1.82, 2.24) is 24.4 Å². The molecule has 1 fully saturated rings. The van der Waals surface area contributed by atoms with Gasteiger partial charge in [0.25, 0.3) is 0 Å². The molecule has 1 unspecified atom stereocenters. The molecular weight excluding hydrogens is 462 g/mol. The highest BCUT2D eigenvalue weighted by Crippen LogP contribution is 2.28. The number of aryl methyl sites for hydroxylation is 2. The average Bonchev–Trinajstić information content (AvgIpc) is 3.43. The van der Waals surface area contributed by atoms with Crippen LogP contribution in [-0.2, 0) is 27.7 Å². The van der Waals surface area contributed by atoms with Gasteiger partial charge in [0, 0.05) is 19.0 Å². The van der Waals surface area contributed by atoms with Crippen LogP contribution in [0.25, 0.3) is 5.69 Å². The second-order valence-corrected chi connectivity index (χ2v) is 11.4. The van der Waals surface area contributed by atoms with E-state index in [0.29, 0.717) is 30.8 Å². The number of nitrogens with zero attached hydrogens (tertiary/aromatic N) is 4. The Bertz CT molecular complexity index is 1280. The molecule has 35 heavy (non-hydrogen) atoms. The molecule has 0 saturated carbocycles. The van der Waals surface area contributed by atoms with E-state index in [1.165, 1.54) is 22.6 Å². The number of piperidine rings is 1. The molecule has 1 aliphatic heterocycles. The minimum Gasteiger partial charge on any atom is -0.349 e. The van der Waals surface area contributed by atoms with Gasteiger partial charge in [0.1, 0.15) is 12.7 Å². The maximum absolute atomic E-state index is 13.2. The number of fused-ring (bicyclic) bond motifs is 1. The van der Waals surface area contributed by atoms with E-state index in [-0.39, 0.29) is 17.9 Å². The topological polar surface area (TPSA) is 97.2 Å². The Kier molecular flexibility index (Phi) is 6.71. The van der Waals surface area contributed by atoms with Crippen LogP contribution < -0.4 is 5.32 Å². The van der Waals surface area contributed by atoms with Gasteiger partial charge in [-0.25, -0.2) is 18.1 Å². The lowest BCUT2D eigenvalue weighted by atomic mass is 9.92. The molecule has 1 aromatic heterocycles. The first-order valence-electron chi connectivity index (χ1n) is 12.3. The molecule has 0 spiro atoms. The first-order chi connectivity index (χ1) is 16.9. The Morgan fingerprint density at radius 2 is 1.74 bits per heavy atom.